The van der Waals surface area contributed by atoms with E-state index in [1.807, 2.05) is 0 Å². The van der Waals surface area contributed by atoms with Gasteiger partial charge in [-0.05, 0) is 13.8 Å². The minimum atomic E-state index is -0.771. The number of ketones is 1. The molecule has 0 aromatic carbocycles. The van der Waals surface area contributed by atoms with E-state index in [-0.39, 0.29) is 29.6 Å². The van der Waals surface area contributed by atoms with Gasteiger partial charge < -0.3 is 10.3 Å². The maximum Gasteiger partial charge on any atom is 0.287 e. The summed E-state index contributed by atoms with van der Waals surface area (Å²) in [5.74, 6) is -0.408. The van der Waals surface area contributed by atoms with Crippen LogP contribution in [0.1, 0.15) is 24.3 Å². The Bertz CT molecular complexity index is 564. The maximum absolute atomic E-state index is 12.1. The normalized spacial score (nSPS) is 18.6. The summed E-state index contributed by atoms with van der Waals surface area (Å²) in [6, 6.07) is 1.21. The van der Waals surface area contributed by atoms with Gasteiger partial charge in [-0.1, -0.05) is 0 Å². The summed E-state index contributed by atoms with van der Waals surface area (Å²) < 4.78 is 0. The highest BCUT2D eigenvalue weighted by Crippen LogP contribution is 2.19. The summed E-state index contributed by atoms with van der Waals surface area (Å²) in [7, 11) is 0. The second-order valence-electron chi connectivity index (χ2n) is 5.19. The van der Waals surface area contributed by atoms with Gasteiger partial charge in [0.25, 0.3) is 5.69 Å². The third-order valence-corrected chi connectivity index (χ3v) is 3.53. The van der Waals surface area contributed by atoms with Gasteiger partial charge in [0.05, 0.1) is 28.9 Å². The van der Waals surface area contributed by atoms with Gasteiger partial charge in [-0.2, -0.15) is 0 Å². The van der Waals surface area contributed by atoms with Gasteiger partial charge in [-0.3, -0.25) is 24.6 Å². The predicted molar refractivity (Wildman–Crippen MR) is 70.4 cm³/mol. The molecule has 0 bridgehead atoms. The minimum absolute atomic E-state index is 0.0398. The van der Waals surface area contributed by atoms with Crippen LogP contribution in [0.2, 0.25) is 0 Å². The molecule has 1 amide bonds. The average Bonchev–Trinajstić information content (AvgIpc) is 2.85. The molecule has 2 heterocycles. The van der Waals surface area contributed by atoms with Gasteiger partial charge in [0.1, 0.15) is 0 Å². The van der Waals surface area contributed by atoms with E-state index in [0.29, 0.717) is 13.1 Å². The van der Waals surface area contributed by atoms with Crippen molar-refractivity contribution < 1.29 is 14.5 Å². The number of piperazine rings is 1. The molecule has 108 valence electrons. The quantitative estimate of drug-likeness (QED) is 0.469. The zero-order valence-electron chi connectivity index (χ0n) is 11.3. The smallest absolute Gasteiger partial charge is 0.287 e. The first-order valence-electron chi connectivity index (χ1n) is 6.21. The molecule has 2 N–H and O–H groups in total. The lowest BCUT2D eigenvalue weighted by Gasteiger charge is -2.40. The number of amides is 1. The fourth-order valence-corrected chi connectivity index (χ4v) is 2.13. The predicted octanol–water partition coefficient (Wildman–Crippen LogP) is 0.316. The van der Waals surface area contributed by atoms with Crippen LogP contribution in [0.4, 0.5) is 5.69 Å². The Morgan fingerprint density at radius 1 is 1.55 bits per heavy atom. The first-order valence-corrected chi connectivity index (χ1v) is 6.21. The summed E-state index contributed by atoms with van der Waals surface area (Å²) in [6.45, 7) is 4.57. The standard InChI is InChI=1S/C12H16N4O4/c1-12(2)11(18)13-3-4-15(12)7-10(17)9-5-8(6-14-9)16(19)20/h5-6,14H,3-4,7H2,1-2H3,(H,13,18). The molecule has 1 aromatic rings. The topological polar surface area (TPSA) is 108 Å². The van der Waals surface area contributed by atoms with Crippen LogP contribution in [0, 0.1) is 10.1 Å². The van der Waals surface area contributed by atoms with Gasteiger partial charge in [-0.15, -0.1) is 0 Å². The lowest BCUT2D eigenvalue weighted by molar-refractivity contribution is -0.384. The summed E-state index contributed by atoms with van der Waals surface area (Å²) in [4.78, 5) is 38.3. The van der Waals surface area contributed by atoms with Gasteiger partial charge in [0, 0.05) is 19.2 Å². The largest absolute Gasteiger partial charge is 0.353 e. The zero-order valence-corrected chi connectivity index (χ0v) is 11.3. The van der Waals surface area contributed by atoms with Gasteiger partial charge in [0.15, 0.2) is 5.78 Å². The molecule has 0 atom stereocenters. The van der Waals surface area contributed by atoms with E-state index in [2.05, 4.69) is 10.3 Å². The van der Waals surface area contributed by atoms with Crippen LogP contribution in [0.3, 0.4) is 0 Å². The Morgan fingerprint density at radius 2 is 2.25 bits per heavy atom. The van der Waals surface area contributed by atoms with E-state index in [9.17, 15) is 19.7 Å². The lowest BCUT2D eigenvalue weighted by atomic mass is 9.98. The van der Waals surface area contributed by atoms with E-state index in [1.54, 1.807) is 18.7 Å². The van der Waals surface area contributed by atoms with Crippen LogP contribution in [0.25, 0.3) is 0 Å². The van der Waals surface area contributed by atoms with Crippen molar-refractivity contribution in [2.75, 3.05) is 19.6 Å². The molecular formula is C12H16N4O4. The van der Waals surface area contributed by atoms with E-state index in [1.165, 1.54) is 12.3 Å². The Balaban J connectivity index is 2.10. The Labute approximate surface area is 115 Å². The number of carbonyl (C=O) groups is 2. The molecule has 20 heavy (non-hydrogen) atoms. The van der Waals surface area contributed by atoms with E-state index in [4.69, 9.17) is 0 Å². The van der Waals surface area contributed by atoms with Crippen LogP contribution in [-0.4, -0.2) is 51.7 Å². The first kappa shape index (κ1) is 14.2. The van der Waals surface area contributed by atoms with Crippen molar-refractivity contribution in [3.05, 3.63) is 28.1 Å². The molecule has 0 saturated carbocycles. The van der Waals surface area contributed by atoms with Crippen molar-refractivity contribution in [2.45, 2.75) is 19.4 Å². The average molecular weight is 280 g/mol. The molecule has 8 heteroatoms. The molecule has 0 radical (unpaired) electrons. The van der Waals surface area contributed by atoms with Crippen LogP contribution in [0.5, 0.6) is 0 Å². The summed E-state index contributed by atoms with van der Waals surface area (Å²) in [5.41, 5.74) is -0.741. The number of H-pyrrole nitrogens is 1. The fourth-order valence-electron chi connectivity index (χ4n) is 2.13. The number of nitro groups is 1. The number of hydrogen-bond donors (Lipinski definition) is 2. The monoisotopic (exact) mass is 280 g/mol. The fraction of sp³-hybridized carbons (Fsp3) is 0.500. The van der Waals surface area contributed by atoms with Crippen molar-refractivity contribution in [3.8, 4) is 0 Å². The number of Topliss-reactive ketones (excluding diaryl/α,β-unsaturated/α-hetero) is 1. The third kappa shape index (κ3) is 2.55. The highest BCUT2D eigenvalue weighted by atomic mass is 16.6. The Kier molecular flexibility index (Phi) is 3.58. The van der Waals surface area contributed by atoms with Crippen molar-refractivity contribution in [1.29, 1.82) is 0 Å². The molecule has 2 rings (SSSR count). The summed E-state index contributed by atoms with van der Waals surface area (Å²) >= 11 is 0. The number of nitrogens with one attached hydrogen (secondary N) is 2. The van der Waals surface area contributed by atoms with E-state index >= 15 is 0 Å². The van der Waals surface area contributed by atoms with Crippen molar-refractivity contribution in [2.24, 2.45) is 0 Å². The number of rotatable bonds is 4. The van der Waals surface area contributed by atoms with Crippen molar-refractivity contribution >= 4 is 17.4 Å². The Hall–Kier alpha value is -2.22. The number of carbonyl (C=O) groups excluding carboxylic acids is 2. The second kappa shape index (κ2) is 5.04. The molecule has 8 nitrogen and oxygen atoms in total. The molecule has 1 aromatic heterocycles. The molecule has 0 unspecified atom stereocenters. The van der Waals surface area contributed by atoms with Crippen LogP contribution in [0.15, 0.2) is 12.3 Å². The number of aromatic nitrogens is 1. The maximum atomic E-state index is 12.1. The SMILES string of the molecule is CC1(C)C(=O)NCCN1CC(=O)c1cc([N+](=O)[O-])c[nH]1. The molecule has 1 saturated heterocycles. The third-order valence-electron chi connectivity index (χ3n) is 3.53. The molecule has 1 aliphatic heterocycles. The van der Waals surface area contributed by atoms with Crippen molar-refractivity contribution in [1.82, 2.24) is 15.2 Å². The van der Waals surface area contributed by atoms with Gasteiger partial charge in [0.2, 0.25) is 5.91 Å². The Morgan fingerprint density at radius 3 is 2.85 bits per heavy atom. The van der Waals surface area contributed by atoms with Gasteiger partial charge in [-0.25, -0.2) is 0 Å². The second-order valence-corrected chi connectivity index (χ2v) is 5.19. The van der Waals surface area contributed by atoms with Crippen molar-refractivity contribution in [3.63, 3.8) is 0 Å². The van der Waals surface area contributed by atoms with Crippen LogP contribution in [-0.2, 0) is 4.79 Å². The summed E-state index contributed by atoms with van der Waals surface area (Å²) in [6.07, 6.45) is 1.18. The van der Waals surface area contributed by atoms with E-state index in [0.717, 1.165) is 0 Å². The number of nitrogens with zero attached hydrogens (tertiary/aromatic N) is 2. The highest BCUT2D eigenvalue weighted by molar-refractivity contribution is 5.97. The molecule has 0 spiro atoms. The highest BCUT2D eigenvalue weighted by Gasteiger charge is 2.38. The number of hydrogen-bond acceptors (Lipinski definition) is 5. The molecule has 0 aliphatic carbocycles. The number of aromatic amines is 1. The van der Waals surface area contributed by atoms with E-state index < -0.39 is 10.5 Å². The van der Waals surface area contributed by atoms with Gasteiger partial charge >= 0.3 is 0 Å². The minimum Gasteiger partial charge on any atom is -0.353 e. The molecule has 1 fully saturated rings. The summed E-state index contributed by atoms with van der Waals surface area (Å²) in [5, 5.41) is 13.3. The molecular weight excluding hydrogens is 264 g/mol. The van der Waals surface area contributed by atoms with Crippen LogP contribution >= 0.6 is 0 Å². The van der Waals surface area contributed by atoms with Crippen LogP contribution < -0.4 is 5.32 Å². The molecule has 1 aliphatic rings. The lowest BCUT2D eigenvalue weighted by Crippen LogP contribution is -2.62. The zero-order chi connectivity index (χ0) is 14.9. The first-order chi connectivity index (χ1) is 9.32.